The number of aromatic nitrogens is 1. The van der Waals surface area contributed by atoms with E-state index >= 15 is 0 Å². The predicted molar refractivity (Wildman–Crippen MR) is 83.4 cm³/mol. The maximum Gasteiger partial charge on any atom is 0.118 e. The summed E-state index contributed by atoms with van der Waals surface area (Å²) < 4.78 is 5.18. The number of nitrogens with zero attached hydrogens (tertiary/aromatic N) is 1. The first-order chi connectivity index (χ1) is 9.74. The molecule has 1 heterocycles. The van der Waals surface area contributed by atoms with Crippen molar-refractivity contribution in [3.05, 3.63) is 48.2 Å². The van der Waals surface area contributed by atoms with E-state index in [1.807, 2.05) is 24.4 Å². The van der Waals surface area contributed by atoms with Crippen molar-refractivity contribution in [1.82, 2.24) is 10.3 Å². The summed E-state index contributed by atoms with van der Waals surface area (Å²) in [5.41, 5.74) is 1.23. The number of pyridine rings is 1. The number of nitrogens with one attached hydrogen (secondary N) is 1. The fourth-order valence-corrected chi connectivity index (χ4v) is 2.96. The van der Waals surface area contributed by atoms with Crippen LogP contribution in [-0.2, 0) is 0 Å². The molecule has 0 saturated heterocycles. The van der Waals surface area contributed by atoms with Gasteiger partial charge in [-0.15, -0.1) is 0 Å². The van der Waals surface area contributed by atoms with Crippen LogP contribution >= 0.6 is 11.8 Å². The van der Waals surface area contributed by atoms with E-state index in [1.54, 1.807) is 18.9 Å². The first-order valence-electron chi connectivity index (χ1n) is 6.74. The van der Waals surface area contributed by atoms with Gasteiger partial charge in [0, 0.05) is 22.7 Å². The lowest BCUT2D eigenvalue weighted by molar-refractivity contribution is 0.414. The number of hydrogen-bond acceptors (Lipinski definition) is 4. The van der Waals surface area contributed by atoms with Crippen LogP contribution in [0.2, 0.25) is 0 Å². The second-order valence-corrected chi connectivity index (χ2v) is 5.52. The Hall–Kier alpha value is -1.52. The summed E-state index contributed by atoms with van der Waals surface area (Å²) in [6, 6.07) is 12.5. The second kappa shape index (κ2) is 7.31. The SMILES string of the molecule is CCNC(C)c1cccnc1Sc1ccc(OC)cc1. The lowest BCUT2D eigenvalue weighted by Gasteiger charge is -2.15. The molecule has 0 aliphatic heterocycles. The second-order valence-electron chi connectivity index (χ2n) is 4.45. The van der Waals surface area contributed by atoms with Gasteiger partial charge in [0.1, 0.15) is 10.8 Å². The van der Waals surface area contributed by atoms with Gasteiger partial charge in [-0.2, -0.15) is 0 Å². The molecule has 1 unspecified atom stereocenters. The minimum atomic E-state index is 0.300. The van der Waals surface area contributed by atoms with Gasteiger partial charge in [-0.25, -0.2) is 4.98 Å². The van der Waals surface area contributed by atoms with Crippen molar-refractivity contribution in [2.45, 2.75) is 29.8 Å². The maximum absolute atomic E-state index is 5.18. The van der Waals surface area contributed by atoms with Crippen LogP contribution in [0.25, 0.3) is 0 Å². The zero-order valence-electron chi connectivity index (χ0n) is 12.1. The van der Waals surface area contributed by atoms with E-state index in [2.05, 4.69) is 42.3 Å². The van der Waals surface area contributed by atoms with Crippen LogP contribution in [0.4, 0.5) is 0 Å². The highest BCUT2D eigenvalue weighted by Gasteiger charge is 2.11. The topological polar surface area (TPSA) is 34.2 Å². The van der Waals surface area contributed by atoms with Crippen LogP contribution in [0, 0.1) is 0 Å². The van der Waals surface area contributed by atoms with Crippen molar-refractivity contribution >= 4 is 11.8 Å². The Morgan fingerprint density at radius 3 is 2.65 bits per heavy atom. The first kappa shape index (κ1) is 14.9. The number of methoxy groups -OCH3 is 1. The lowest BCUT2D eigenvalue weighted by atomic mass is 10.1. The molecule has 0 amide bonds. The van der Waals surface area contributed by atoms with Gasteiger partial charge >= 0.3 is 0 Å². The Balaban J connectivity index is 2.19. The Labute approximate surface area is 124 Å². The summed E-state index contributed by atoms with van der Waals surface area (Å²) in [5.74, 6) is 0.872. The summed E-state index contributed by atoms with van der Waals surface area (Å²) in [4.78, 5) is 5.67. The summed E-state index contributed by atoms with van der Waals surface area (Å²) in [6.45, 7) is 5.23. The van der Waals surface area contributed by atoms with Gasteiger partial charge < -0.3 is 10.1 Å². The molecule has 0 fully saturated rings. The van der Waals surface area contributed by atoms with Crippen molar-refractivity contribution in [3.8, 4) is 5.75 Å². The van der Waals surface area contributed by atoms with Crippen LogP contribution < -0.4 is 10.1 Å². The molecule has 0 radical (unpaired) electrons. The van der Waals surface area contributed by atoms with Gasteiger partial charge in [0.25, 0.3) is 0 Å². The van der Waals surface area contributed by atoms with E-state index in [4.69, 9.17) is 4.74 Å². The van der Waals surface area contributed by atoms with Crippen LogP contribution in [0.3, 0.4) is 0 Å². The molecule has 1 N–H and O–H groups in total. The third-order valence-corrected chi connectivity index (χ3v) is 4.09. The molecule has 1 aromatic heterocycles. The molecule has 0 bridgehead atoms. The molecular formula is C16H20N2OS. The Kier molecular flexibility index (Phi) is 5.44. The maximum atomic E-state index is 5.18. The molecular weight excluding hydrogens is 268 g/mol. The Morgan fingerprint density at radius 2 is 2.00 bits per heavy atom. The lowest BCUT2D eigenvalue weighted by Crippen LogP contribution is -2.18. The van der Waals surface area contributed by atoms with Crippen molar-refractivity contribution in [2.75, 3.05) is 13.7 Å². The molecule has 0 aliphatic carbocycles. The average molecular weight is 288 g/mol. The predicted octanol–water partition coefficient (Wildman–Crippen LogP) is 3.91. The molecule has 0 aliphatic rings. The number of rotatable bonds is 6. The van der Waals surface area contributed by atoms with Gasteiger partial charge in [-0.05, 0) is 43.8 Å². The average Bonchev–Trinajstić information content (AvgIpc) is 2.49. The number of benzene rings is 1. The van der Waals surface area contributed by atoms with Gasteiger partial charge in [0.15, 0.2) is 0 Å². The zero-order chi connectivity index (χ0) is 14.4. The summed E-state index contributed by atoms with van der Waals surface area (Å²) in [6.07, 6.45) is 1.84. The molecule has 1 aromatic carbocycles. The van der Waals surface area contributed by atoms with Gasteiger partial charge in [-0.1, -0.05) is 24.8 Å². The molecule has 2 rings (SSSR count). The molecule has 1 atom stereocenters. The third-order valence-electron chi connectivity index (χ3n) is 3.05. The monoisotopic (exact) mass is 288 g/mol. The number of hydrogen-bond donors (Lipinski definition) is 1. The summed E-state index contributed by atoms with van der Waals surface area (Å²) in [5, 5.41) is 4.48. The van der Waals surface area contributed by atoms with Crippen LogP contribution in [-0.4, -0.2) is 18.6 Å². The van der Waals surface area contributed by atoms with E-state index in [0.29, 0.717) is 6.04 Å². The first-order valence-corrected chi connectivity index (χ1v) is 7.56. The summed E-state index contributed by atoms with van der Waals surface area (Å²) in [7, 11) is 1.68. The van der Waals surface area contributed by atoms with E-state index in [9.17, 15) is 0 Å². The van der Waals surface area contributed by atoms with Crippen molar-refractivity contribution in [2.24, 2.45) is 0 Å². The molecule has 4 heteroatoms. The van der Waals surface area contributed by atoms with Crippen LogP contribution in [0.1, 0.15) is 25.5 Å². The molecule has 106 valence electrons. The third kappa shape index (κ3) is 3.74. The van der Waals surface area contributed by atoms with Gasteiger partial charge in [0.2, 0.25) is 0 Å². The van der Waals surface area contributed by atoms with E-state index in [0.717, 1.165) is 22.2 Å². The highest BCUT2D eigenvalue weighted by atomic mass is 32.2. The van der Waals surface area contributed by atoms with Crippen molar-refractivity contribution in [3.63, 3.8) is 0 Å². The molecule has 0 spiro atoms. The normalized spacial score (nSPS) is 12.2. The Bertz CT molecular complexity index is 542. The molecule has 2 aromatic rings. The minimum Gasteiger partial charge on any atom is -0.497 e. The van der Waals surface area contributed by atoms with E-state index in [-0.39, 0.29) is 0 Å². The van der Waals surface area contributed by atoms with Crippen molar-refractivity contribution in [1.29, 1.82) is 0 Å². The van der Waals surface area contributed by atoms with Crippen molar-refractivity contribution < 1.29 is 4.74 Å². The standard InChI is InChI=1S/C16H20N2OS/c1-4-17-12(2)15-6-5-11-18-16(15)20-14-9-7-13(19-3)8-10-14/h5-12,17H,4H2,1-3H3. The summed E-state index contributed by atoms with van der Waals surface area (Å²) >= 11 is 1.68. The smallest absolute Gasteiger partial charge is 0.118 e. The largest absolute Gasteiger partial charge is 0.497 e. The zero-order valence-corrected chi connectivity index (χ0v) is 12.9. The van der Waals surface area contributed by atoms with E-state index < -0.39 is 0 Å². The minimum absolute atomic E-state index is 0.300. The van der Waals surface area contributed by atoms with Crippen LogP contribution in [0.15, 0.2) is 52.5 Å². The fourth-order valence-electron chi connectivity index (χ4n) is 1.99. The Morgan fingerprint density at radius 1 is 1.25 bits per heavy atom. The molecule has 3 nitrogen and oxygen atoms in total. The van der Waals surface area contributed by atoms with Gasteiger partial charge in [0.05, 0.1) is 7.11 Å². The highest BCUT2D eigenvalue weighted by Crippen LogP contribution is 2.32. The highest BCUT2D eigenvalue weighted by molar-refractivity contribution is 7.99. The van der Waals surface area contributed by atoms with Gasteiger partial charge in [-0.3, -0.25) is 0 Å². The quantitative estimate of drug-likeness (QED) is 0.874. The number of ether oxygens (including phenoxy) is 1. The molecule has 20 heavy (non-hydrogen) atoms. The molecule has 0 saturated carbocycles. The fraction of sp³-hybridized carbons (Fsp3) is 0.312. The van der Waals surface area contributed by atoms with E-state index in [1.165, 1.54) is 5.56 Å². The van der Waals surface area contributed by atoms with Crippen LogP contribution in [0.5, 0.6) is 5.75 Å².